The SMILES string of the molecule is COc1cccc(CC(CN)Cc2cc(F)ccc2F)c1. The molecule has 0 spiro atoms. The first-order chi connectivity index (χ1) is 10.1. The van der Waals surface area contributed by atoms with Crippen molar-refractivity contribution >= 4 is 0 Å². The first-order valence-electron chi connectivity index (χ1n) is 6.89. The molecule has 0 aliphatic rings. The van der Waals surface area contributed by atoms with Crippen LogP contribution in [0.3, 0.4) is 0 Å². The highest BCUT2D eigenvalue weighted by Gasteiger charge is 2.13. The van der Waals surface area contributed by atoms with Gasteiger partial charge in [-0.25, -0.2) is 8.78 Å². The molecular formula is C17H19F2NO. The van der Waals surface area contributed by atoms with Crippen LogP contribution < -0.4 is 10.5 Å². The average molecular weight is 291 g/mol. The van der Waals surface area contributed by atoms with E-state index in [4.69, 9.17) is 10.5 Å². The van der Waals surface area contributed by atoms with E-state index in [0.717, 1.165) is 23.4 Å². The lowest BCUT2D eigenvalue weighted by atomic mass is 9.92. The fourth-order valence-electron chi connectivity index (χ4n) is 2.38. The molecule has 0 saturated heterocycles. The van der Waals surface area contributed by atoms with Crippen LogP contribution in [0.25, 0.3) is 0 Å². The lowest BCUT2D eigenvalue weighted by Crippen LogP contribution is -2.20. The van der Waals surface area contributed by atoms with E-state index in [1.54, 1.807) is 7.11 Å². The predicted molar refractivity (Wildman–Crippen MR) is 79.3 cm³/mol. The smallest absolute Gasteiger partial charge is 0.126 e. The number of hydrogen-bond acceptors (Lipinski definition) is 2. The van der Waals surface area contributed by atoms with Crippen LogP contribution in [0.2, 0.25) is 0 Å². The molecule has 1 unspecified atom stereocenters. The fraction of sp³-hybridized carbons (Fsp3) is 0.294. The molecule has 112 valence electrons. The Kier molecular flexibility index (Phi) is 5.28. The molecule has 0 amide bonds. The van der Waals surface area contributed by atoms with Crippen molar-refractivity contribution in [3.63, 3.8) is 0 Å². The third kappa shape index (κ3) is 4.26. The summed E-state index contributed by atoms with van der Waals surface area (Å²) in [6, 6.07) is 11.2. The average Bonchev–Trinajstić information content (AvgIpc) is 2.50. The summed E-state index contributed by atoms with van der Waals surface area (Å²) in [5.41, 5.74) is 7.22. The Balaban J connectivity index is 2.10. The van der Waals surface area contributed by atoms with E-state index in [0.29, 0.717) is 24.9 Å². The third-order valence-corrected chi connectivity index (χ3v) is 3.51. The van der Waals surface area contributed by atoms with Crippen LogP contribution in [0.15, 0.2) is 42.5 Å². The van der Waals surface area contributed by atoms with E-state index in [1.807, 2.05) is 24.3 Å². The molecule has 4 heteroatoms. The molecule has 2 aromatic rings. The highest BCUT2D eigenvalue weighted by Crippen LogP contribution is 2.20. The lowest BCUT2D eigenvalue weighted by Gasteiger charge is -2.16. The molecule has 0 saturated carbocycles. The summed E-state index contributed by atoms with van der Waals surface area (Å²) >= 11 is 0. The zero-order valence-corrected chi connectivity index (χ0v) is 12.0. The Morgan fingerprint density at radius 3 is 2.62 bits per heavy atom. The second-order valence-corrected chi connectivity index (χ2v) is 5.10. The summed E-state index contributed by atoms with van der Waals surface area (Å²) in [5, 5.41) is 0. The van der Waals surface area contributed by atoms with Crippen LogP contribution in [-0.2, 0) is 12.8 Å². The van der Waals surface area contributed by atoms with Crippen LogP contribution >= 0.6 is 0 Å². The van der Waals surface area contributed by atoms with Gasteiger partial charge in [0.2, 0.25) is 0 Å². The highest BCUT2D eigenvalue weighted by molar-refractivity contribution is 5.29. The van der Waals surface area contributed by atoms with Crippen molar-refractivity contribution in [2.24, 2.45) is 11.7 Å². The molecule has 0 bridgehead atoms. The summed E-state index contributed by atoms with van der Waals surface area (Å²) in [5.74, 6) is 0.0117. The monoisotopic (exact) mass is 291 g/mol. The maximum Gasteiger partial charge on any atom is 0.126 e. The van der Waals surface area contributed by atoms with Gasteiger partial charge in [-0.05, 0) is 66.8 Å². The first kappa shape index (κ1) is 15.4. The van der Waals surface area contributed by atoms with Gasteiger partial charge in [-0.2, -0.15) is 0 Å². The maximum absolute atomic E-state index is 13.7. The predicted octanol–water partition coefficient (Wildman–Crippen LogP) is 3.33. The molecule has 21 heavy (non-hydrogen) atoms. The van der Waals surface area contributed by atoms with Crippen LogP contribution in [0, 0.1) is 17.6 Å². The van der Waals surface area contributed by atoms with Crippen LogP contribution in [0.5, 0.6) is 5.75 Å². The normalized spacial score (nSPS) is 12.2. The minimum absolute atomic E-state index is 0.0495. The molecule has 2 aromatic carbocycles. The first-order valence-corrected chi connectivity index (χ1v) is 6.89. The van der Waals surface area contributed by atoms with Gasteiger partial charge in [0, 0.05) is 0 Å². The summed E-state index contributed by atoms with van der Waals surface area (Å²) in [6.07, 6.45) is 1.11. The fourth-order valence-corrected chi connectivity index (χ4v) is 2.38. The number of nitrogens with two attached hydrogens (primary N) is 1. The number of hydrogen-bond donors (Lipinski definition) is 1. The molecule has 0 heterocycles. The zero-order chi connectivity index (χ0) is 15.2. The van der Waals surface area contributed by atoms with Crippen molar-refractivity contribution in [2.45, 2.75) is 12.8 Å². The van der Waals surface area contributed by atoms with Crippen molar-refractivity contribution in [1.82, 2.24) is 0 Å². The largest absolute Gasteiger partial charge is 0.497 e. The molecule has 2 nitrogen and oxygen atoms in total. The van der Waals surface area contributed by atoms with Crippen molar-refractivity contribution in [2.75, 3.05) is 13.7 Å². The van der Waals surface area contributed by atoms with Crippen molar-refractivity contribution in [1.29, 1.82) is 0 Å². The Labute approximate surface area is 123 Å². The topological polar surface area (TPSA) is 35.2 Å². The number of halogens is 2. The van der Waals surface area contributed by atoms with Gasteiger partial charge < -0.3 is 10.5 Å². The molecule has 1 atom stereocenters. The van der Waals surface area contributed by atoms with E-state index in [2.05, 4.69) is 0 Å². The van der Waals surface area contributed by atoms with Gasteiger partial charge in [-0.3, -0.25) is 0 Å². The number of ether oxygens (including phenoxy) is 1. The lowest BCUT2D eigenvalue weighted by molar-refractivity contribution is 0.413. The van der Waals surface area contributed by atoms with E-state index in [1.165, 1.54) is 6.07 Å². The standard InChI is InChI=1S/C17H19F2NO/c1-21-16-4-2-3-12(9-16)7-13(11-20)8-14-10-15(18)5-6-17(14)19/h2-6,9-10,13H,7-8,11,20H2,1H3. The Bertz CT molecular complexity index is 601. The molecule has 0 fully saturated rings. The van der Waals surface area contributed by atoms with Gasteiger partial charge >= 0.3 is 0 Å². The van der Waals surface area contributed by atoms with Crippen molar-refractivity contribution in [3.05, 3.63) is 65.2 Å². The van der Waals surface area contributed by atoms with E-state index in [-0.39, 0.29) is 11.7 Å². The zero-order valence-electron chi connectivity index (χ0n) is 12.0. The third-order valence-electron chi connectivity index (χ3n) is 3.51. The molecule has 0 aromatic heterocycles. The van der Waals surface area contributed by atoms with Crippen molar-refractivity contribution < 1.29 is 13.5 Å². The number of methoxy groups -OCH3 is 1. The van der Waals surface area contributed by atoms with E-state index >= 15 is 0 Å². The van der Waals surface area contributed by atoms with E-state index in [9.17, 15) is 8.78 Å². The minimum atomic E-state index is -0.427. The van der Waals surface area contributed by atoms with Gasteiger partial charge in [0.15, 0.2) is 0 Å². The van der Waals surface area contributed by atoms with Crippen LogP contribution in [-0.4, -0.2) is 13.7 Å². The molecule has 2 rings (SSSR count). The second-order valence-electron chi connectivity index (χ2n) is 5.10. The molecular weight excluding hydrogens is 272 g/mol. The Morgan fingerprint density at radius 2 is 1.90 bits per heavy atom. The molecule has 2 N–H and O–H groups in total. The Hall–Kier alpha value is -1.94. The van der Waals surface area contributed by atoms with Gasteiger partial charge in [-0.1, -0.05) is 12.1 Å². The highest BCUT2D eigenvalue weighted by atomic mass is 19.1. The van der Waals surface area contributed by atoms with Crippen LogP contribution in [0.1, 0.15) is 11.1 Å². The van der Waals surface area contributed by atoms with Crippen LogP contribution in [0.4, 0.5) is 8.78 Å². The quantitative estimate of drug-likeness (QED) is 0.886. The Morgan fingerprint density at radius 1 is 1.10 bits per heavy atom. The summed E-state index contributed by atoms with van der Waals surface area (Å²) in [4.78, 5) is 0. The molecule has 0 aliphatic carbocycles. The van der Waals surface area contributed by atoms with Gasteiger partial charge in [0.25, 0.3) is 0 Å². The maximum atomic E-state index is 13.7. The van der Waals surface area contributed by atoms with Gasteiger partial charge in [-0.15, -0.1) is 0 Å². The van der Waals surface area contributed by atoms with Gasteiger partial charge in [0.05, 0.1) is 7.11 Å². The van der Waals surface area contributed by atoms with E-state index < -0.39 is 5.82 Å². The summed E-state index contributed by atoms with van der Waals surface area (Å²) in [6.45, 7) is 0.410. The summed E-state index contributed by atoms with van der Waals surface area (Å²) < 4.78 is 32.1. The number of benzene rings is 2. The molecule has 0 radical (unpaired) electrons. The second kappa shape index (κ2) is 7.18. The number of rotatable bonds is 6. The van der Waals surface area contributed by atoms with Gasteiger partial charge in [0.1, 0.15) is 17.4 Å². The van der Waals surface area contributed by atoms with Crippen molar-refractivity contribution in [3.8, 4) is 5.75 Å². The molecule has 0 aliphatic heterocycles. The summed E-state index contributed by atoms with van der Waals surface area (Å²) in [7, 11) is 1.61. The minimum Gasteiger partial charge on any atom is -0.497 e.